The van der Waals surface area contributed by atoms with Gasteiger partial charge in [0.2, 0.25) is 0 Å². The minimum Gasteiger partial charge on any atom is -0.258 e. The second-order valence-electron chi connectivity index (χ2n) is 4.68. The topological polar surface area (TPSA) is 12.9 Å². The molecule has 0 radical (unpaired) electrons. The summed E-state index contributed by atoms with van der Waals surface area (Å²) in [6.07, 6.45) is 3.75. The van der Waals surface area contributed by atoms with Gasteiger partial charge in [-0.1, -0.05) is 19.9 Å². The average Bonchev–Trinajstić information content (AvgIpc) is 2.02. The summed E-state index contributed by atoms with van der Waals surface area (Å²) in [5, 5.41) is 0. The Bertz CT molecular complexity index is 326. The first-order chi connectivity index (χ1) is 6.09. The summed E-state index contributed by atoms with van der Waals surface area (Å²) in [4.78, 5) is 4.61. The molecule has 0 aromatic carbocycles. The Kier molecular flexibility index (Phi) is 1.90. The number of hydrogen-bond donors (Lipinski definition) is 0. The minimum atomic E-state index is 0.342. The highest BCUT2D eigenvalue weighted by molar-refractivity contribution is 5.31. The molecule has 0 saturated carbocycles. The molecule has 1 aromatic rings. The van der Waals surface area contributed by atoms with E-state index in [4.69, 9.17) is 0 Å². The Hall–Kier alpha value is -0.850. The number of rotatable bonds is 0. The molecule has 0 unspecified atom stereocenters. The zero-order chi connectivity index (χ0) is 9.47. The molecule has 0 N–H and O–H groups in total. The van der Waals surface area contributed by atoms with Gasteiger partial charge in [0.15, 0.2) is 0 Å². The molecule has 1 aliphatic carbocycles. The molecule has 13 heavy (non-hydrogen) atoms. The fourth-order valence-corrected chi connectivity index (χ4v) is 2.25. The zero-order valence-electron chi connectivity index (χ0n) is 8.72. The highest BCUT2D eigenvalue weighted by Gasteiger charge is 2.27. The largest absolute Gasteiger partial charge is 0.258 e. The van der Waals surface area contributed by atoms with Gasteiger partial charge in [-0.3, -0.25) is 4.98 Å². The molecule has 1 nitrogen and oxygen atoms in total. The minimum absolute atomic E-state index is 0.342. The fraction of sp³-hybridized carbons (Fsp3) is 0.583. The van der Waals surface area contributed by atoms with Crippen LogP contribution in [-0.4, -0.2) is 4.98 Å². The Morgan fingerprint density at radius 2 is 2.08 bits per heavy atom. The van der Waals surface area contributed by atoms with Gasteiger partial charge < -0.3 is 0 Å². The molecule has 70 valence electrons. The van der Waals surface area contributed by atoms with E-state index in [1.165, 1.54) is 30.5 Å². The molecule has 1 aromatic heterocycles. The highest BCUT2D eigenvalue weighted by Crippen LogP contribution is 2.35. The van der Waals surface area contributed by atoms with Crippen LogP contribution in [0.5, 0.6) is 0 Å². The van der Waals surface area contributed by atoms with Gasteiger partial charge in [-0.05, 0) is 43.2 Å². The monoisotopic (exact) mass is 175 g/mol. The Morgan fingerprint density at radius 1 is 1.31 bits per heavy atom. The average molecular weight is 175 g/mol. The predicted molar refractivity (Wildman–Crippen MR) is 54.9 cm³/mol. The van der Waals surface area contributed by atoms with Gasteiger partial charge in [-0.25, -0.2) is 0 Å². The summed E-state index contributed by atoms with van der Waals surface area (Å²) in [6.45, 7) is 6.71. The summed E-state index contributed by atoms with van der Waals surface area (Å²) in [7, 11) is 0. The Morgan fingerprint density at radius 3 is 2.85 bits per heavy atom. The smallest absolute Gasteiger partial charge is 0.0444 e. The number of hydrogen-bond acceptors (Lipinski definition) is 1. The van der Waals surface area contributed by atoms with Crippen molar-refractivity contribution >= 4 is 0 Å². The van der Waals surface area contributed by atoms with Crippen LogP contribution in [0.4, 0.5) is 0 Å². The second kappa shape index (κ2) is 2.83. The van der Waals surface area contributed by atoms with Crippen molar-refractivity contribution in [2.75, 3.05) is 0 Å². The number of aryl methyl sites for hydroxylation is 2. The second-order valence-corrected chi connectivity index (χ2v) is 4.68. The first-order valence-electron chi connectivity index (χ1n) is 5.07. The molecule has 0 atom stereocenters. The molecular formula is C12H17N. The third-order valence-electron chi connectivity index (χ3n) is 3.06. The maximum absolute atomic E-state index is 4.61. The number of aromatic nitrogens is 1. The van der Waals surface area contributed by atoms with Crippen molar-refractivity contribution in [3.63, 3.8) is 0 Å². The van der Waals surface area contributed by atoms with Crippen LogP contribution in [0.3, 0.4) is 0 Å². The summed E-state index contributed by atoms with van der Waals surface area (Å²) in [6, 6.07) is 4.39. The van der Waals surface area contributed by atoms with Gasteiger partial charge in [0.05, 0.1) is 0 Å². The van der Waals surface area contributed by atoms with Crippen molar-refractivity contribution in [1.82, 2.24) is 4.98 Å². The highest BCUT2D eigenvalue weighted by atomic mass is 14.7. The molecule has 0 bridgehead atoms. The van der Waals surface area contributed by atoms with E-state index < -0.39 is 0 Å². The summed E-state index contributed by atoms with van der Waals surface area (Å²) >= 11 is 0. The van der Waals surface area contributed by atoms with Crippen LogP contribution in [0.25, 0.3) is 0 Å². The molecule has 0 fully saturated rings. The van der Waals surface area contributed by atoms with Crippen LogP contribution in [-0.2, 0) is 11.8 Å². The SMILES string of the molecule is Cc1ccc2c(n1)CCCC2(C)C. The van der Waals surface area contributed by atoms with Gasteiger partial charge in [0.25, 0.3) is 0 Å². The summed E-state index contributed by atoms with van der Waals surface area (Å²) < 4.78 is 0. The lowest BCUT2D eigenvalue weighted by molar-refractivity contribution is 0.426. The molecule has 2 rings (SSSR count). The maximum atomic E-state index is 4.61. The Labute approximate surface area is 80.2 Å². The first kappa shape index (κ1) is 8.74. The van der Waals surface area contributed by atoms with Crippen molar-refractivity contribution in [3.8, 4) is 0 Å². The molecule has 0 saturated heterocycles. The van der Waals surface area contributed by atoms with E-state index in [0.29, 0.717) is 5.41 Å². The van der Waals surface area contributed by atoms with Gasteiger partial charge in [-0.2, -0.15) is 0 Å². The van der Waals surface area contributed by atoms with Crippen LogP contribution in [0.15, 0.2) is 12.1 Å². The van der Waals surface area contributed by atoms with Crippen molar-refractivity contribution < 1.29 is 0 Å². The fourth-order valence-electron chi connectivity index (χ4n) is 2.25. The van der Waals surface area contributed by atoms with Gasteiger partial charge in [-0.15, -0.1) is 0 Å². The van der Waals surface area contributed by atoms with E-state index in [-0.39, 0.29) is 0 Å². The lowest BCUT2D eigenvalue weighted by Gasteiger charge is -2.31. The van der Waals surface area contributed by atoms with Crippen LogP contribution in [0.2, 0.25) is 0 Å². The van der Waals surface area contributed by atoms with E-state index >= 15 is 0 Å². The third kappa shape index (κ3) is 1.48. The van der Waals surface area contributed by atoms with Crippen LogP contribution in [0, 0.1) is 6.92 Å². The molecule has 1 aliphatic rings. The lowest BCUT2D eigenvalue weighted by atomic mass is 9.74. The molecule has 1 heteroatoms. The van der Waals surface area contributed by atoms with Crippen LogP contribution >= 0.6 is 0 Å². The van der Waals surface area contributed by atoms with Gasteiger partial charge >= 0.3 is 0 Å². The maximum Gasteiger partial charge on any atom is 0.0444 e. The van der Waals surface area contributed by atoms with E-state index in [1.54, 1.807) is 0 Å². The zero-order valence-corrected chi connectivity index (χ0v) is 8.72. The first-order valence-corrected chi connectivity index (χ1v) is 5.07. The third-order valence-corrected chi connectivity index (χ3v) is 3.06. The van der Waals surface area contributed by atoms with E-state index in [0.717, 1.165) is 5.69 Å². The number of nitrogens with zero attached hydrogens (tertiary/aromatic N) is 1. The van der Waals surface area contributed by atoms with E-state index in [9.17, 15) is 0 Å². The summed E-state index contributed by atoms with van der Waals surface area (Å²) in [5.41, 5.74) is 4.28. The predicted octanol–water partition coefficient (Wildman–Crippen LogP) is 3.00. The number of pyridine rings is 1. The quantitative estimate of drug-likeness (QED) is 0.590. The molecular weight excluding hydrogens is 158 g/mol. The van der Waals surface area contributed by atoms with E-state index in [2.05, 4.69) is 37.9 Å². The van der Waals surface area contributed by atoms with Crippen molar-refractivity contribution in [3.05, 3.63) is 29.1 Å². The normalized spacial score (nSPS) is 19.6. The molecule has 0 aliphatic heterocycles. The van der Waals surface area contributed by atoms with Gasteiger partial charge in [0.1, 0.15) is 0 Å². The van der Waals surface area contributed by atoms with Crippen molar-refractivity contribution in [2.45, 2.75) is 45.4 Å². The molecule has 0 spiro atoms. The van der Waals surface area contributed by atoms with E-state index in [1.807, 2.05) is 0 Å². The lowest BCUT2D eigenvalue weighted by Crippen LogP contribution is -2.24. The Balaban J connectivity index is 2.53. The van der Waals surface area contributed by atoms with Crippen molar-refractivity contribution in [2.24, 2.45) is 0 Å². The standard InChI is InChI=1S/C12H17N/c1-9-6-7-10-11(13-9)5-4-8-12(10,2)3/h6-7H,4-5,8H2,1-3H3. The summed E-state index contributed by atoms with van der Waals surface area (Å²) in [5.74, 6) is 0. The van der Waals surface area contributed by atoms with Crippen LogP contribution < -0.4 is 0 Å². The van der Waals surface area contributed by atoms with Gasteiger partial charge in [0, 0.05) is 11.4 Å². The molecule has 0 amide bonds. The molecule has 1 heterocycles. The number of fused-ring (bicyclic) bond motifs is 1. The van der Waals surface area contributed by atoms with Crippen LogP contribution in [0.1, 0.15) is 43.6 Å². The van der Waals surface area contributed by atoms with Crippen molar-refractivity contribution in [1.29, 1.82) is 0 Å².